The third-order valence-electron chi connectivity index (χ3n) is 4.47. The molecule has 1 aromatic carbocycles. The first-order valence-corrected chi connectivity index (χ1v) is 8.28. The minimum absolute atomic E-state index is 0.174. The third-order valence-corrected chi connectivity index (χ3v) is 4.47. The van der Waals surface area contributed by atoms with Crippen LogP contribution in [0, 0.1) is 0 Å². The summed E-state index contributed by atoms with van der Waals surface area (Å²) in [5.41, 5.74) is 0.675. The molecule has 9 heteroatoms. The van der Waals surface area contributed by atoms with Gasteiger partial charge < -0.3 is 20.4 Å². The summed E-state index contributed by atoms with van der Waals surface area (Å²) in [6.45, 7) is 1.10. The van der Waals surface area contributed by atoms with Gasteiger partial charge in [0.15, 0.2) is 0 Å². The van der Waals surface area contributed by atoms with E-state index in [1.165, 1.54) is 0 Å². The van der Waals surface area contributed by atoms with Crippen LogP contribution in [0.15, 0.2) is 24.3 Å². The van der Waals surface area contributed by atoms with Gasteiger partial charge >= 0.3 is 6.03 Å². The maximum Gasteiger partial charge on any atom is 0.317 e. The lowest BCUT2D eigenvalue weighted by molar-refractivity contribution is -0.0248. The molecule has 1 atom stereocenters. The first kappa shape index (κ1) is 17.3. The smallest absolute Gasteiger partial charge is 0.317 e. The Morgan fingerprint density at radius 2 is 2.24 bits per heavy atom. The summed E-state index contributed by atoms with van der Waals surface area (Å²) < 4.78 is 0. The van der Waals surface area contributed by atoms with Crippen LogP contribution in [0.3, 0.4) is 0 Å². The molecule has 1 unspecified atom stereocenters. The molecule has 1 aliphatic rings. The summed E-state index contributed by atoms with van der Waals surface area (Å²) in [6.07, 6.45) is 1.54. The summed E-state index contributed by atoms with van der Waals surface area (Å²) in [7, 11) is 0. The van der Waals surface area contributed by atoms with Gasteiger partial charge in [-0.2, -0.15) is 5.21 Å². The number of tetrazole rings is 1. The molecule has 0 saturated carbocycles. The van der Waals surface area contributed by atoms with E-state index in [1.54, 1.807) is 4.90 Å². The molecule has 2 amide bonds. The average Bonchev–Trinajstić information content (AvgIpc) is 3.10. The van der Waals surface area contributed by atoms with Crippen molar-refractivity contribution in [3.8, 4) is 11.4 Å². The number of aromatic amines is 1. The van der Waals surface area contributed by atoms with E-state index < -0.39 is 5.60 Å². The van der Waals surface area contributed by atoms with Gasteiger partial charge in [-0.05, 0) is 36.1 Å². The lowest BCUT2D eigenvalue weighted by atomic mass is 9.96. The number of nitrogens with one attached hydrogen (secondary N) is 2. The fourth-order valence-corrected chi connectivity index (χ4v) is 2.93. The van der Waals surface area contributed by atoms with Crippen molar-refractivity contribution < 1.29 is 15.0 Å². The fourth-order valence-electron chi connectivity index (χ4n) is 2.93. The number of rotatable bonds is 4. The minimum atomic E-state index is -1.08. The van der Waals surface area contributed by atoms with Crippen LogP contribution in [0.2, 0.25) is 0 Å². The maximum atomic E-state index is 12.4. The van der Waals surface area contributed by atoms with Gasteiger partial charge in [-0.3, -0.25) is 0 Å². The van der Waals surface area contributed by atoms with E-state index in [-0.39, 0.29) is 12.6 Å². The Hall–Kier alpha value is -2.52. The average molecular weight is 346 g/mol. The first-order valence-electron chi connectivity index (χ1n) is 8.28. The normalized spacial score (nSPS) is 21.0. The van der Waals surface area contributed by atoms with Crippen LogP contribution < -0.4 is 5.32 Å². The van der Waals surface area contributed by atoms with Crippen LogP contribution in [0.25, 0.3) is 11.4 Å². The highest BCUT2D eigenvalue weighted by molar-refractivity contribution is 5.74. The van der Waals surface area contributed by atoms with Crippen molar-refractivity contribution in [2.24, 2.45) is 0 Å². The van der Waals surface area contributed by atoms with Crippen LogP contribution in [0.5, 0.6) is 0 Å². The molecule has 1 aliphatic heterocycles. The number of hydrogen-bond donors (Lipinski definition) is 4. The van der Waals surface area contributed by atoms with Crippen molar-refractivity contribution in [1.82, 2.24) is 30.8 Å². The zero-order valence-corrected chi connectivity index (χ0v) is 13.9. The largest absolute Gasteiger partial charge is 0.393 e. The van der Waals surface area contributed by atoms with Crippen molar-refractivity contribution >= 4 is 6.03 Å². The molecule has 0 aliphatic carbocycles. The van der Waals surface area contributed by atoms with Crippen LogP contribution in [0.1, 0.15) is 24.8 Å². The Balaban J connectivity index is 1.56. The monoisotopic (exact) mass is 346 g/mol. The summed E-state index contributed by atoms with van der Waals surface area (Å²) in [5.74, 6) is 0.504. The minimum Gasteiger partial charge on any atom is -0.393 e. The third kappa shape index (κ3) is 4.31. The quantitative estimate of drug-likeness (QED) is 0.630. The van der Waals surface area contributed by atoms with E-state index >= 15 is 0 Å². The highest BCUT2D eigenvalue weighted by Gasteiger charge is 2.30. The molecule has 0 radical (unpaired) electrons. The molecule has 3 rings (SSSR count). The van der Waals surface area contributed by atoms with E-state index in [0.717, 1.165) is 11.1 Å². The summed E-state index contributed by atoms with van der Waals surface area (Å²) in [5, 5.41) is 36.2. The molecule has 1 fully saturated rings. The lowest BCUT2D eigenvalue weighted by Gasteiger charge is -2.24. The SMILES string of the molecule is O=C(NCc1cccc(-c2nn[nH]n2)c1)N1CCCC(O)(CO)CC1. The molecule has 0 bridgehead atoms. The number of carbonyl (C=O) groups is 1. The number of urea groups is 1. The van der Waals surface area contributed by atoms with Gasteiger partial charge in [-0.15, -0.1) is 10.2 Å². The van der Waals surface area contributed by atoms with Gasteiger partial charge in [-0.1, -0.05) is 18.2 Å². The molecule has 25 heavy (non-hydrogen) atoms. The molecule has 134 valence electrons. The first-order chi connectivity index (χ1) is 12.1. The Morgan fingerprint density at radius 1 is 1.36 bits per heavy atom. The van der Waals surface area contributed by atoms with Crippen molar-refractivity contribution in [3.63, 3.8) is 0 Å². The molecule has 4 N–H and O–H groups in total. The molecule has 2 aromatic rings. The van der Waals surface area contributed by atoms with Crippen LogP contribution in [-0.4, -0.2) is 67.1 Å². The number of aromatic nitrogens is 4. The Morgan fingerprint density at radius 3 is 3.00 bits per heavy atom. The van der Waals surface area contributed by atoms with E-state index in [4.69, 9.17) is 0 Å². The van der Waals surface area contributed by atoms with Crippen LogP contribution in [-0.2, 0) is 6.54 Å². The maximum absolute atomic E-state index is 12.4. The summed E-state index contributed by atoms with van der Waals surface area (Å²) in [6, 6.07) is 7.39. The Labute approximate surface area is 145 Å². The number of aliphatic hydroxyl groups excluding tert-OH is 1. The summed E-state index contributed by atoms with van der Waals surface area (Å²) in [4.78, 5) is 14.0. The number of nitrogens with zero attached hydrogens (tertiary/aromatic N) is 4. The second-order valence-corrected chi connectivity index (χ2v) is 6.32. The molecular weight excluding hydrogens is 324 g/mol. The van der Waals surface area contributed by atoms with E-state index in [0.29, 0.717) is 44.7 Å². The predicted octanol–water partition coefficient (Wildman–Crippen LogP) is 0.286. The van der Waals surface area contributed by atoms with Gasteiger partial charge in [0.25, 0.3) is 0 Å². The molecule has 9 nitrogen and oxygen atoms in total. The standard InChI is InChI=1S/C16H22N6O3/c23-11-16(25)5-2-7-22(8-6-16)15(24)17-10-12-3-1-4-13(9-12)14-18-20-21-19-14/h1,3-4,9,23,25H,2,5-8,10-11H2,(H,17,24)(H,18,19,20,21). The van der Waals surface area contributed by atoms with Gasteiger partial charge in [0.2, 0.25) is 5.82 Å². The molecular formula is C16H22N6O3. The molecule has 1 saturated heterocycles. The highest BCUT2D eigenvalue weighted by atomic mass is 16.3. The van der Waals surface area contributed by atoms with Crippen LogP contribution in [0.4, 0.5) is 4.79 Å². The van der Waals surface area contributed by atoms with Gasteiger partial charge in [0, 0.05) is 25.2 Å². The van der Waals surface area contributed by atoms with Crippen molar-refractivity contribution in [1.29, 1.82) is 0 Å². The zero-order valence-electron chi connectivity index (χ0n) is 13.9. The number of carbonyl (C=O) groups excluding carboxylic acids is 1. The number of H-pyrrole nitrogens is 1. The lowest BCUT2D eigenvalue weighted by Crippen LogP contribution is -2.41. The van der Waals surface area contributed by atoms with Gasteiger partial charge in [0.1, 0.15) is 0 Å². The summed E-state index contributed by atoms with van der Waals surface area (Å²) >= 11 is 0. The number of benzene rings is 1. The fraction of sp³-hybridized carbons (Fsp3) is 0.500. The van der Waals surface area contributed by atoms with Crippen molar-refractivity contribution in [2.45, 2.75) is 31.4 Å². The Kier molecular flexibility index (Phi) is 5.25. The van der Waals surface area contributed by atoms with Crippen molar-refractivity contribution in [2.75, 3.05) is 19.7 Å². The van der Waals surface area contributed by atoms with E-state index in [1.807, 2.05) is 24.3 Å². The van der Waals surface area contributed by atoms with E-state index in [2.05, 4.69) is 25.9 Å². The van der Waals surface area contributed by atoms with Crippen LogP contribution >= 0.6 is 0 Å². The number of amides is 2. The topological polar surface area (TPSA) is 127 Å². The second kappa shape index (κ2) is 7.58. The molecule has 0 spiro atoms. The Bertz CT molecular complexity index is 708. The van der Waals surface area contributed by atoms with E-state index in [9.17, 15) is 15.0 Å². The predicted molar refractivity (Wildman–Crippen MR) is 89.3 cm³/mol. The second-order valence-electron chi connectivity index (χ2n) is 6.32. The number of hydrogen-bond acceptors (Lipinski definition) is 6. The van der Waals surface area contributed by atoms with Gasteiger partial charge in [-0.25, -0.2) is 4.79 Å². The zero-order chi connectivity index (χ0) is 17.7. The number of aliphatic hydroxyl groups is 2. The molecule has 1 aromatic heterocycles. The highest BCUT2D eigenvalue weighted by Crippen LogP contribution is 2.21. The number of likely N-dealkylation sites (tertiary alicyclic amines) is 1. The van der Waals surface area contributed by atoms with Crippen molar-refractivity contribution in [3.05, 3.63) is 29.8 Å². The molecule has 2 heterocycles. The van der Waals surface area contributed by atoms with Gasteiger partial charge in [0.05, 0.1) is 12.2 Å².